The van der Waals surface area contributed by atoms with Crippen LogP contribution in [0.25, 0.3) is 0 Å². The van der Waals surface area contributed by atoms with E-state index in [1.807, 2.05) is 0 Å². The molecule has 0 fully saturated rings. The molecule has 3 N–H and O–H groups in total. The third kappa shape index (κ3) is 7.26. The smallest absolute Gasteiger partial charge is 0.389 e. The molecule has 1 rings (SSSR count). The highest BCUT2D eigenvalue weighted by Crippen LogP contribution is 2.25. The molecule has 0 amide bonds. The number of aliphatic hydroxyl groups is 2. The molecular weight excluding hydrogens is 287 g/mol. The summed E-state index contributed by atoms with van der Waals surface area (Å²) in [6.45, 7) is 2.07. The lowest BCUT2D eigenvalue weighted by Gasteiger charge is -2.25. The minimum absolute atomic E-state index is 0.0484. The Morgan fingerprint density at radius 1 is 1.24 bits per heavy atom. The maximum Gasteiger partial charge on any atom is 0.415 e. The molecule has 0 radical (unpaired) electrons. The Balaban J connectivity index is 2.09. The van der Waals surface area contributed by atoms with E-state index in [0.29, 0.717) is 18.4 Å². The van der Waals surface area contributed by atoms with E-state index in [4.69, 9.17) is 9.84 Å². The van der Waals surface area contributed by atoms with Crippen LogP contribution in [0.3, 0.4) is 0 Å². The van der Waals surface area contributed by atoms with E-state index >= 15 is 0 Å². The van der Waals surface area contributed by atoms with Crippen LogP contribution in [-0.2, 0) is 4.74 Å². The Morgan fingerprint density at radius 2 is 1.90 bits per heavy atom. The van der Waals surface area contributed by atoms with Crippen LogP contribution in [0.5, 0.6) is 0 Å². The lowest BCUT2D eigenvalue weighted by atomic mass is 9.85. The summed E-state index contributed by atoms with van der Waals surface area (Å²) in [4.78, 5) is 0. The average molecular weight is 311 g/mol. The SMILES string of the molecule is CC1CC=CCC1COCC(O)CNCC(O)C(F)(F)F. The highest BCUT2D eigenvalue weighted by atomic mass is 19.4. The molecule has 0 spiro atoms. The molecule has 1 aliphatic carbocycles. The van der Waals surface area contributed by atoms with E-state index in [1.54, 1.807) is 0 Å². The number of nitrogens with one attached hydrogen (secondary N) is 1. The molecule has 4 atom stereocenters. The predicted molar refractivity (Wildman–Crippen MR) is 72.8 cm³/mol. The first kappa shape index (κ1) is 18.4. The van der Waals surface area contributed by atoms with Gasteiger partial charge in [0.05, 0.1) is 19.3 Å². The van der Waals surface area contributed by atoms with Gasteiger partial charge in [-0.25, -0.2) is 0 Å². The standard InChI is InChI=1S/C14H24F3NO3/c1-10-4-2-3-5-11(10)8-21-9-12(19)6-18-7-13(20)14(15,16)17/h2-3,10-13,18-20H,4-9H2,1H3. The lowest BCUT2D eigenvalue weighted by molar-refractivity contribution is -0.202. The van der Waals surface area contributed by atoms with Crippen molar-refractivity contribution in [2.24, 2.45) is 11.8 Å². The predicted octanol–water partition coefficient (Wildman–Crippen LogP) is 1.48. The van der Waals surface area contributed by atoms with Crippen LogP contribution in [0.2, 0.25) is 0 Å². The van der Waals surface area contributed by atoms with E-state index in [1.165, 1.54) is 0 Å². The second-order valence-electron chi connectivity index (χ2n) is 5.59. The molecule has 0 bridgehead atoms. The normalized spacial score (nSPS) is 25.8. The molecule has 0 aromatic carbocycles. The maximum atomic E-state index is 12.0. The maximum absolute atomic E-state index is 12.0. The number of alkyl halides is 3. The molecule has 4 nitrogen and oxygen atoms in total. The molecule has 124 valence electrons. The first-order valence-electron chi connectivity index (χ1n) is 7.17. The van der Waals surface area contributed by atoms with Crippen LogP contribution in [0.1, 0.15) is 19.8 Å². The summed E-state index contributed by atoms with van der Waals surface area (Å²) >= 11 is 0. The van der Waals surface area contributed by atoms with Gasteiger partial charge < -0.3 is 20.3 Å². The van der Waals surface area contributed by atoms with Crippen molar-refractivity contribution in [3.63, 3.8) is 0 Å². The van der Waals surface area contributed by atoms with Crippen LogP contribution >= 0.6 is 0 Å². The Kier molecular flexibility index (Phi) is 7.65. The number of ether oxygens (including phenoxy) is 1. The lowest BCUT2D eigenvalue weighted by Crippen LogP contribution is -2.41. The van der Waals surface area contributed by atoms with Crippen molar-refractivity contribution in [2.45, 2.75) is 38.1 Å². The van der Waals surface area contributed by atoms with Gasteiger partial charge in [-0.3, -0.25) is 0 Å². The Bertz CT molecular complexity index is 323. The first-order chi connectivity index (χ1) is 9.80. The number of hydrogen-bond donors (Lipinski definition) is 3. The number of hydrogen-bond acceptors (Lipinski definition) is 4. The zero-order valence-corrected chi connectivity index (χ0v) is 12.1. The van der Waals surface area contributed by atoms with Crippen molar-refractivity contribution >= 4 is 0 Å². The fraction of sp³-hybridized carbons (Fsp3) is 0.857. The van der Waals surface area contributed by atoms with E-state index in [2.05, 4.69) is 24.4 Å². The minimum atomic E-state index is -4.64. The zero-order chi connectivity index (χ0) is 15.9. The number of allylic oxidation sites excluding steroid dienone is 2. The molecule has 0 aromatic rings. The van der Waals surface area contributed by atoms with Crippen molar-refractivity contribution in [3.05, 3.63) is 12.2 Å². The Morgan fingerprint density at radius 3 is 2.52 bits per heavy atom. The van der Waals surface area contributed by atoms with Crippen molar-refractivity contribution in [1.29, 1.82) is 0 Å². The summed E-state index contributed by atoms with van der Waals surface area (Å²) in [5, 5.41) is 20.7. The molecule has 0 aromatic heterocycles. The van der Waals surface area contributed by atoms with Gasteiger partial charge in [-0.1, -0.05) is 19.1 Å². The van der Waals surface area contributed by atoms with Gasteiger partial charge in [-0.15, -0.1) is 0 Å². The van der Waals surface area contributed by atoms with E-state index in [9.17, 15) is 18.3 Å². The summed E-state index contributed by atoms with van der Waals surface area (Å²) in [5.74, 6) is 0.953. The van der Waals surface area contributed by atoms with E-state index in [0.717, 1.165) is 12.8 Å². The van der Waals surface area contributed by atoms with Crippen molar-refractivity contribution in [1.82, 2.24) is 5.32 Å². The van der Waals surface area contributed by atoms with Gasteiger partial charge in [-0.05, 0) is 24.7 Å². The molecule has 0 aliphatic heterocycles. The third-order valence-electron chi connectivity index (χ3n) is 3.66. The molecular formula is C14H24F3NO3. The molecule has 0 saturated heterocycles. The summed E-state index contributed by atoms with van der Waals surface area (Å²) in [6, 6.07) is 0. The van der Waals surface area contributed by atoms with Crippen LogP contribution < -0.4 is 5.32 Å². The molecule has 0 heterocycles. The van der Waals surface area contributed by atoms with Crippen molar-refractivity contribution in [2.75, 3.05) is 26.3 Å². The largest absolute Gasteiger partial charge is 0.415 e. The van der Waals surface area contributed by atoms with Crippen LogP contribution in [0, 0.1) is 11.8 Å². The summed E-state index contributed by atoms with van der Waals surface area (Å²) in [6.07, 6.45) is -1.71. The number of halogens is 3. The number of rotatable bonds is 8. The van der Waals surface area contributed by atoms with Crippen molar-refractivity contribution in [3.8, 4) is 0 Å². The molecule has 7 heteroatoms. The second-order valence-corrected chi connectivity index (χ2v) is 5.59. The molecule has 0 saturated carbocycles. The Hall–Kier alpha value is -0.630. The Labute approximate surface area is 123 Å². The van der Waals surface area contributed by atoms with E-state index < -0.39 is 24.9 Å². The summed E-state index contributed by atoms with van der Waals surface area (Å²) in [5.41, 5.74) is 0. The average Bonchev–Trinajstić information content (AvgIpc) is 2.39. The van der Waals surface area contributed by atoms with Gasteiger partial charge >= 0.3 is 6.18 Å². The topological polar surface area (TPSA) is 61.7 Å². The van der Waals surface area contributed by atoms with Gasteiger partial charge in [0.2, 0.25) is 0 Å². The fourth-order valence-electron chi connectivity index (χ4n) is 2.16. The van der Waals surface area contributed by atoms with Gasteiger partial charge in [-0.2, -0.15) is 13.2 Å². The zero-order valence-electron chi connectivity index (χ0n) is 12.1. The van der Waals surface area contributed by atoms with Crippen LogP contribution in [0.15, 0.2) is 12.2 Å². The quantitative estimate of drug-likeness (QED) is 0.594. The first-order valence-corrected chi connectivity index (χ1v) is 7.17. The molecule has 4 unspecified atom stereocenters. The molecule has 21 heavy (non-hydrogen) atoms. The minimum Gasteiger partial charge on any atom is -0.389 e. The van der Waals surface area contributed by atoms with Gasteiger partial charge in [0, 0.05) is 13.1 Å². The third-order valence-corrected chi connectivity index (χ3v) is 3.66. The monoisotopic (exact) mass is 311 g/mol. The number of aliphatic hydroxyl groups excluding tert-OH is 2. The van der Waals surface area contributed by atoms with Crippen LogP contribution in [-0.4, -0.2) is 54.9 Å². The molecule has 1 aliphatic rings. The fourth-order valence-corrected chi connectivity index (χ4v) is 2.16. The summed E-state index contributed by atoms with van der Waals surface area (Å²) in [7, 11) is 0. The van der Waals surface area contributed by atoms with Crippen LogP contribution in [0.4, 0.5) is 13.2 Å². The van der Waals surface area contributed by atoms with Gasteiger partial charge in [0.15, 0.2) is 6.10 Å². The van der Waals surface area contributed by atoms with Gasteiger partial charge in [0.25, 0.3) is 0 Å². The van der Waals surface area contributed by atoms with E-state index in [-0.39, 0.29) is 13.2 Å². The highest BCUT2D eigenvalue weighted by Gasteiger charge is 2.37. The highest BCUT2D eigenvalue weighted by molar-refractivity contribution is 4.93. The van der Waals surface area contributed by atoms with Gasteiger partial charge in [0.1, 0.15) is 0 Å². The van der Waals surface area contributed by atoms with Crippen molar-refractivity contribution < 1.29 is 28.1 Å². The second kappa shape index (κ2) is 8.73. The summed E-state index contributed by atoms with van der Waals surface area (Å²) < 4.78 is 41.5.